The van der Waals surface area contributed by atoms with Crippen LogP contribution in [0.1, 0.15) is 52.6 Å². The molecule has 0 unspecified atom stereocenters. The Balaban J connectivity index is 1.15. The van der Waals surface area contributed by atoms with Gasteiger partial charge in [0, 0.05) is 33.6 Å². The molecule has 0 fully saturated rings. The molecule has 2 N–H and O–H groups in total. The predicted octanol–water partition coefficient (Wildman–Crippen LogP) is 8.00. The van der Waals surface area contributed by atoms with Gasteiger partial charge in [-0.2, -0.15) is 0 Å². The second-order valence-electron chi connectivity index (χ2n) is 10.6. The summed E-state index contributed by atoms with van der Waals surface area (Å²) in [6.07, 6.45) is 6.35. The zero-order valence-electron chi connectivity index (χ0n) is 26.3. The van der Waals surface area contributed by atoms with Gasteiger partial charge in [0.25, 0.3) is 11.8 Å². The lowest BCUT2D eigenvalue weighted by molar-refractivity contribution is 0.101. The van der Waals surface area contributed by atoms with Crippen molar-refractivity contribution in [3.05, 3.63) is 167 Å². The van der Waals surface area contributed by atoms with Crippen LogP contribution in [0.5, 0.6) is 11.5 Å². The summed E-state index contributed by atoms with van der Waals surface area (Å²) in [5, 5.41) is 5.63. The standard InChI is InChI=1S/C40H32N2O6/c1-47-35-19-15-29(16-20-35)39(45)41-33-7-3-5-31(25-33)37(43)23-13-27-9-11-28(12-10-27)14-24-38(44)32-6-4-8-34(26-32)42-40(46)30-17-21-36(48-2)22-18-30/h3-26H,1-2H3,(H,41,45)(H,42,46). The summed E-state index contributed by atoms with van der Waals surface area (Å²) in [6, 6.07) is 34.3. The van der Waals surface area contributed by atoms with Gasteiger partial charge in [-0.05, 0) is 96.1 Å². The molecular weight excluding hydrogens is 604 g/mol. The Morgan fingerprint density at radius 2 is 0.854 bits per heavy atom. The number of rotatable bonds is 12. The number of hydrogen-bond donors (Lipinski definition) is 2. The van der Waals surface area contributed by atoms with Crippen molar-refractivity contribution in [2.45, 2.75) is 0 Å². The summed E-state index contributed by atoms with van der Waals surface area (Å²) in [5.74, 6) is 0.285. The number of methoxy groups -OCH3 is 2. The largest absolute Gasteiger partial charge is 0.497 e. The first-order chi connectivity index (χ1) is 23.3. The maximum atomic E-state index is 12.9. The molecule has 0 atom stereocenters. The van der Waals surface area contributed by atoms with Gasteiger partial charge in [-0.25, -0.2) is 0 Å². The van der Waals surface area contributed by atoms with Crippen LogP contribution >= 0.6 is 0 Å². The number of carbonyl (C=O) groups excluding carboxylic acids is 4. The molecule has 0 aliphatic rings. The highest BCUT2D eigenvalue weighted by Gasteiger charge is 2.10. The molecule has 5 rings (SSSR count). The molecule has 0 radical (unpaired) electrons. The Labute approximate surface area is 278 Å². The minimum Gasteiger partial charge on any atom is -0.497 e. The summed E-state index contributed by atoms with van der Waals surface area (Å²) in [5.41, 5.74) is 4.41. The van der Waals surface area contributed by atoms with E-state index in [0.717, 1.165) is 11.1 Å². The average Bonchev–Trinajstić information content (AvgIpc) is 3.13. The fourth-order valence-electron chi connectivity index (χ4n) is 4.65. The van der Waals surface area contributed by atoms with Gasteiger partial charge >= 0.3 is 0 Å². The van der Waals surface area contributed by atoms with E-state index in [0.29, 0.717) is 45.1 Å². The van der Waals surface area contributed by atoms with Crippen molar-refractivity contribution in [1.82, 2.24) is 0 Å². The second kappa shape index (κ2) is 15.6. The molecule has 0 aliphatic carbocycles. The fourth-order valence-corrected chi connectivity index (χ4v) is 4.65. The topological polar surface area (TPSA) is 111 Å². The maximum Gasteiger partial charge on any atom is 0.255 e. The number of ether oxygens (including phenoxy) is 2. The van der Waals surface area contributed by atoms with Crippen LogP contribution in [0.25, 0.3) is 12.2 Å². The third-order valence-electron chi connectivity index (χ3n) is 7.31. The molecule has 5 aromatic carbocycles. The summed E-state index contributed by atoms with van der Waals surface area (Å²) in [7, 11) is 3.12. The summed E-state index contributed by atoms with van der Waals surface area (Å²) >= 11 is 0. The van der Waals surface area contributed by atoms with Crippen LogP contribution in [-0.2, 0) is 0 Å². The molecule has 0 spiro atoms. The number of allylic oxidation sites excluding steroid dienone is 2. The molecule has 8 heteroatoms. The van der Waals surface area contributed by atoms with E-state index >= 15 is 0 Å². The first-order valence-corrected chi connectivity index (χ1v) is 15.0. The van der Waals surface area contributed by atoms with Gasteiger partial charge in [0.2, 0.25) is 0 Å². The van der Waals surface area contributed by atoms with Crippen LogP contribution < -0.4 is 20.1 Å². The second-order valence-corrected chi connectivity index (χ2v) is 10.6. The number of anilines is 2. The van der Waals surface area contributed by atoms with Crippen LogP contribution in [0.4, 0.5) is 11.4 Å². The normalized spacial score (nSPS) is 10.9. The molecule has 0 bridgehead atoms. The van der Waals surface area contributed by atoms with Gasteiger partial charge in [-0.15, -0.1) is 0 Å². The van der Waals surface area contributed by atoms with Crippen molar-refractivity contribution in [2.24, 2.45) is 0 Å². The lowest BCUT2D eigenvalue weighted by atomic mass is 10.1. The molecule has 0 saturated carbocycles. The lowest BCUT2D eigenvalue weighted by Gasteiger charge is -2.07. The fraction of sp³-hybridized carbons (Fsp3) is 0.0500. The van der Waals surface area contributed by atoms with Crippen LogP contribution in [0.15, 0.2) is 133 Å². The number of carbonyl (C=O) groups is 4. The number of hydrogen-bond acceptors (Lipinski definition) is 6. The molecule has 0 aromatic heterocycles. The van der Waals surface area contributed by atoms with Crippen molar-refractivity contribution in [3.8, 4) is 11.5 Å². The van der Waals surface area contributed by atoms with E-state index in [4.69, 9.17) is 9.47 Å². The predicted molar refractivity (Wildman–Crippen MR) is 188 cm³/mol. The number of ketones is 2. The van der Waals surface area contributed by atoms with Crippen LogP contribution in [-0.4, -0.2) is 37.6 Å². The Hall–Kier alpha value is -6.54. The van der Waals surface area contributed by atoms with Gasteiger partial charge in [-0.3, -0.25) is 19.2 Å². The molecule has 238 valence electrons. The van der Waals surface area contributed by atoms with Gasteiger partial charge in [-0.1, -0.05) is 60.7 Å². The summed E-state index contributed by atoms with van der Waals surface area (Å²) in [4.78, 5) is 50.9. The first-order valence-electron chi connectivity index (χ1n) is 15.0. The van der Waals surface area contributed by atoms with Crippen molar-refractivity contribution >= 4 is 46.9 Å². The van der Waals surface area contributed by atoms with Crippen LogP contribution in [0.3, 0.4) is 0 Å². The monoisotopic (exact) mass is 636 g/mol. The Kier molecular flexibility index (Phi) is 10.7. The van der Waals surface area contributed by atoms with E-state index < -0.39 is 0 Å². The highest BCUT2D eigenvalue weighted by Crippen LogP contribution is 2.18. The Morgan fingerprint density at radius 1 is 0.479 bits per heavy atom. The minimum atomic E-state index is -0.295. The number of benzene rings is 5. The van der Waals surface area contributed by atoms with Crippen LogP contribution in [0, 0.1) is 0 Å². The molecular formula is C40H32N2O6. The Morgan fingerprint density at radius 3 is 1.21 bits per heavy atom. The van der Waals surface area contributed by atoms with Gasteiger partial charge in [0.15, 0.2) is 11.6 Å². The average molecular weight is 637 g/mol. The number of amides is 2. The smallest absolute Gasteiger partial charge is 0.255 e. The molecule has 48 heavy (non-hydrogen) atoms. The maximum absolute atomic E-state index is 12.9. The van der Waals surface area contributed by atoms with Gasteiger partial charge in [0.05, 0.1) is 14.2 Å². The zero-order valence-corrected chi connectivity index (χ0v) is 26.3. The van der Waals surface area contributed by atoms with E-state index in [-0.39, 0.29) is 23.4 Å². The highest BCUT2D eigenvalue weighted by molar-refractivity contribution is 6.10. The van der Waals surface area contributed by atoms with Crippen molar-refractivity contribution < 1.29 is 28.7 Å². The molecule has 5 aromatic rings. The van der Waals surface area contributed by atoms with Crippen molar-refractivity contribution in [3.63, 3.8) is 0 Å². The summed E-state index contributed by atoms with van der Waals surface area (Å²) < 4.78 is 10.3. The van der Waals surface area contributed by atoms with Gasteiger partial charge in [0.1, 0.15) is 11.5 Å². The quantitative estimate of drug-likeness (QED) is 0.106. The molecule has 0 aliphatic heterocycles. The summed E-state index contributed by atoms with van der Waals surface area (Å²) in [6.45, 7) is 0. The third kappa shape index (κ3) is 8.80. The van der Waals surface area contributed by atoms with E-state index in [1.54, 1.807) is 123 Å². The molecule has 0 saturated heterocycles. The number of nitrogens with one attached hydrogen (secondary N) is 2. The van der Waals surface area contributed by atoms with E-state index in [1.165, 1.54) is 12.2 Å². The molecule has 8 nitrogen and oxygen atoms in total. The van der Waals surface area contributed by atoms with E-state index in [1.807, 2.05) is 24.3 Å². The Bertz CT molecular complexity index is 1850. The van der Waals surface area contributed by atoms with Crippen molar-refractivity contribution in [2.75, 3.05) is 24.9 Å². The molecule has 2 amide bonds. The first kappa shape index (κ1) is 32.8. The van der Waals surface area contributed by atoms with Crippen molar-refractivity contribution in [1.29, 1.82) is 0 Å². The van der Waals surface area contributed by atoms with Crippen LogP contribution in [0.2, 0.25) is 0 Å². The highest BCUT2D eigenvalue weighted by atomic mass is 16.5. The third-order valence-corrected chi connectivity index (χ3v) is 7.31. The minimum absolute atomic E-state index is 0.215. The molecule has 0 heterocycles. The van der Waals surface area contributed by atoms with E-state index in [2.05, 4.69) is 10.6 Å². The van der Waals surface area contributed by atoms with E-state index in [9.17, 15) is 19.2 Å². The SMILES string of the molecule is COc1ccc(C(=O)Nc2cccc(C(=O)C=Cc3ccc(C=CC(=O)c4cccc(NC(=O)c5ccc(OC)cc5)c4)cc3)c2)cc1. The lowest BCUT2D eigenvalue weighted by Crippen LogP contribution is -2.12. The zero-order chi connectivity index (χ0) is 33.9. The van der Waals surface area contributed by atoms with Gasteiger partial charge < -0.3 is 20.1 Å².